The number of carbonyl (C=O) groups is 1. The number of benzene rings is 1. The van der Waals surface area contributed by atoms with Gasteiger partial charge in [-0.3, -0.25) is 4.79 Å². The van der Waals surface area contributed by atoms with E-state index in [2.05, 4.69) is 26.0 Å². The molecular weight excluding hydrogens is 305 g/mol. The zero-order valence-corrected chi connectivity index (χ0v) is 12.0. The van der Waals surface area contributed by atoms with E-state index in [1.54, 1.807) is 0 Å². The van der Waals surface area contributed by atoms with Gasteiger partial charge in [0, 0.05) is 22.5 Å². The minimum Gasteiger partial charge on any atom is -0.469 e. The fraction of sp³-hybridized carbons (Fsp3) is 0.417. The van der Waals surface area contributed by atoms with Crippen molar-refractivity contribution in [2.24, 2.45) is 0 Å². The van der Waals surface area contributed by atoms with Gasteiger partial charge in [0.15, 0.2) is 0 Å². The Morgan fingerprint density at radius 2 is 2.29 bits per heavy atom. The molecule has 0 atom stereocenters. The lowest BCUT2D eigenvalue weighted by Crippen LogP contribution is -2.16. The molecule has 0 saturated heterocycles. The van der Waals surface area contributed by atoms with E-state index in [0.29, 0.717) is 6.42 Å². The van der Waals surface area contributed by atoms with Crippen LogP contribution in [0.2, 0.25) is 5.02 Å². The summed E-state index contributed by atoms with van der Waals surface area (Å²) in [5.41, 5.74) is 1.11. The van der Waals surface area contributed by atoms with Crippen molar-refractivity contribution in [3.8, 4) is 0 Å². The fourth-order valence-corrected chi connectivity index (χ4v) is 1.94. The van der Waals surface area contributed by atoms with Crippen molar-refractivity contribution in [2.45, 2.75) is 19.4 Å². The molecule has 0 aliphatic rings. The topological polar surface area (TPSA) is 38.3 Å². The zero-order chi connectivity index (χ0) is 12.7. The Morgan fingerprint density at radius 3 is 3.00 bits per heavy atom. The van der Waals surface area contributed by atoms with Crippen LogP contribution >= 0.6 is 27.5 Å². The van der Waals surface area contributed by atoms with Crippen molar-refractivity contribution in [1.29, 1.82) is 0 Å². The summed E-state index contributed by atoms with van der Waals surface area (Å²) in [5, 5.41) is 3.97. The van der Waals surface area contributed by atoms with Gasteiger partial charge in [0.2, 0.25) is 0 Å². The monoisotopic (exact) mass is 319 g/mol. The van der Waals surface area contributed by atoms with Crippen LogP contribution in [-0.4, -0.2) is 19.6 Å². The van der Waals surface area contributed by atoms with Crippen LogP contribution in [0.15, 0.2) is 22.7 Å². The van der Waals surface area contributed by atoms with Crippen LogP contribution < -0.4 is 5.32 Å². The Hall–Kier alpha value is -0.580. The summed E-state index contributed by atoms with van der Waals surface area (Å²) in [6.45, 7) is 1.50. The van der Waals surface area contributed by atoms with Crippen LogP contribution in [0.3, 0.4) is 0 Å². The van der Waals surface area contributed by atoms with Gasteiger partial charge in [0.25, 0.3) is 0 Å². The van der Waals surface area contributed by atoms with E-state index in [0.717, 1.165) is 34.6 Å². The van der Waals surface area contributed by atoms with Crippen molar-refractivity contribution in [3.05, 3.63) is 33.3 Å². The maximum absolute atomic E-state index is 10.9. The Kier molecular flexibility index (Phi) is 6.55. The lowest BCUT2D eigenvalue weighted by atomic mass is 10.2. The molecule has 1 aromatic carbocycles. The van der Waals surface area contributed by atoms with E-state index in [1.807, 2.05) is 18.2 Å². The first kappa shape index (κ1) is 14.5. The SMILES string of the molecule is COC(=O)CCCNCc1cc(Cl)ccc1Br. The summed E-state index contributed by atoms with van der Waals surface area (Å²) < 4.78 is 5.59. The number of nitrogens with one attached hydrogen (secondary N) is 1. The highest BCUT2D eigenvalue weighted by Gasteiger charge is 2.02. The third-order valence-electron chi connectivity index (χ3n) is 2.29. The molecule has 1 rings (SSSR count). The van der Waals surface area contributed by atoms with Gasteiger partial charge >= 0.3 is 5.97 Å². The normalized spacial score (nSPS) is 10.3. The summed E-state index contributed by atoms with van der Waals surface area (Å²) in [7, 11) is 1.40. The fourth-order valence-electron chi connectivity index (χ4n) is 1.36. The molecule has 5 heteroatoms. The molecule has 0 radical (unpaired) electrons. The molecule has 1 N–H and O–H groups in total. The van der Waals surface area contributed by atoms with Gasteiger partial charge in [0.1, 0.15) is 0 Å². The second-order valence-corrected chi connectivity index (χ2v) is 4.88. The van der Waals surface area contributed by atoms with E-state index >= 15 is 0 Å². The average Bonchev–Trinajstić information content (AvgIpc) is 2.32. The predicted molar refractivity (Wildman–Crippen MR) is 72.1 cm³/mol. The molecule has 0 saturated carbocycles. The van der Waals surface area contributed by atoms with Crippen LogP contribution in [0, 0.1) is 0 Å². The number of carbonyl (C=O) groups excluding carboxylic acids is 1. The predicted octanol–water partition coefficient (Wildman–Crippen LogP) is 3.15. The van der Waals surface area contributed by atoms with Crippen LogP contribution in [0.4, 0.5) is 0 Å². The third kappa shape index (κ3) is 5.52. The quantitative estimate of drug-likeness (QED) is 0.646. The molecule has 94 valence electrons. The second kappa shape index (κ2) is 7.69. The van der Waals surface area contributed by atoms with Gasteiger partial charge in [-0.15, -0.1) is 0 Å². The summed E-state index contributed by atoms with van der Waals surface area (Å²) >= 11 is 9.37. The average molecular weight is 321 g/mol. The molecule has 0 aliphatic heterocycles. The van der Waals surface area contributed by atoms with Gasteiger partial charge in [0.05, 0.1) is 7.11 Å². The van der Waals surface area contributed by atoms with E-state index in [9.17, 15) is 4.79 Å². The van der Waals surface area contributed by atoms with Crippen molar-refractivity contribution in [1.82, 2.24) is 5.32 Å². The zero-order valence-electron chi connectivity index (χ0n) is 9.63. The lowest BCUT2D eigenvalue weighted by Gasteiger charge is -2.07. The number of methoxy groups -OCH3 is 1. The van der Waals surface area contributed by atoms with Crippen molar-refractivity contribution >= 4 is 33.5 Å². The first-order valence-electron chi connectivity index (χ1n) is 5.35. The molecule has 17 heavy (non-hydrogen) atoms. The number of esters is 1. The van der Waals surface area contributed by atoms with Crippen LogP contribution in [0.5, 0.6) is 0 Å². The lowest BCUT2D eigenvalue weighted by molar-refractivity contribution is -0.140. The first-order chi connectivity index (χ1) is 8.13. The third-order valence-corrected chi connectivity index (χ3v) is 3.29. The smallest absolute Gasteiger partial charge is 0.305 e. The van der Waals surface area contributed by atoms with Crippen molar-refractivity contribution in [2.75, 3.05) is 13.7 Å². The van der Waals surface area contributed by atoms with Crippen molar-refractivity contribution < 1.29 is 9.53 Å². The Bertz CT molecular complexity index is 385. The van der Waals surface area contributed by atoms with Gasteiger partial charge in [-0.25, -0.2) is 0 Å². The van der Waals surface area contributed by atoms with Gasteiger partial charge < -0.3 is 10.1 Å². The molecule has 0 bridgehead atoms. The van der Waals surface area contributed by atoms with Crippen molar-refractivity contribution in [3.63, 3.8) is 0 Å². The van der Waals surface area contributed by atoms with Gasteiger partial charge in [-0.2, -0.15) is 0 Å². The number of halogens is 2. The molecule has 0 aliphatic carbocycles. The summed E-state index contributed by atoms with van der Waals surface area (Å²) in [6.07, 6.45) is 1.21. The molecule has 0 unspecified atom stereocenters. The first-order valence-corrected chi connectivity index (χ1v) is 6.52. The highest BCUT2D eigenvalue weighted by atomic mass is 79.9. The standard InChI is InChI=1S/C12H15BrClNO2/c1-17-12(16)3-2-6-15-8-9-7-10(14)4-5-11(9)13/h4-5,7,15H,2-3,6,8H2,1H3. The number of hydrogen-bond acceptors (Lipinski definition) is 3. The largest absolute Gasteiger partial charge is 0.469 e. The number of rotatable bonds is 6. The molecule has 3 nitrogen and oxygen atoms in total. The number of hydrogen-bond donors (Lipinski definition) is 1. The van der Waals surface area contributed by atoms with Crippen LogP contribution in [0.25, 0.3) is 0 Å². The molecule has 0 spiro atoms. The molecule has 1 aromatic rings. The summed E-state index contributed by atoms with van der Waals surface area (Å²) in [6, 6.07) is 5.68. The molecule has 0 heterocycles. The summed E-state index contributed by atoms with van der Waals surface area (Å²) in [5.74, 6) is -0.171. The number of ether oxygens (including phenoxy) is 1. The minimum absolute atomic E-state index is 0.171. The molecule has 0 fully saturated rings. The molecular formula is C12H15BrClNO2. The maximum atomic E-state index is 10.9. The van der Waals surface area contributed by atoms with E-state index < -0.39 is 0 Å². The van der Waals surface area contributed by atoms with E-state index in [-0.39, 0.29) is 5.97 Å². The highest BCUT2D eigenvalue weighted by Crippen LogP contribution is 2.20. The van der Waals surface area contributed by atoms with E-state index in [4.69, 9.17) is 11.6 Å². The Morgan fingerprint density at radius 1 is 1.53 bits per heavy atom. The maximum Gasteiger partial charge on any atom is 0.305 e. The van der Waals surface area contributed by atoms with Gasteiger partial charge in [-0.1, -0.05) is 27.5 Å². The molecule has 0 aromatic heterocycles. The van der Waals surface area contributed by atoms with Crippen LogP contribution in [0.1, 0.15) is 18.4 Å². The van der Waals surface area contributed by atoms with Crippen LogP contribution in [-0.2, 0) is 16.1 Å². The Balaban J connectivity index is 2.26. The minimum atomic E-state index is -0.171. The summed E-state index contributed by atoms with van der Waals surface area (Å²) in [4.78, 5) is 10.9. The highest BCUT2D eigenvalue weighted by molar-refractivity contribution is 9.10. The van der Waals surface area contributed by atoms with Gasteiger partial charge in [-0.05, 0) is 36.7 Å². The Labute approximate surface area is 115 Å². The molecule has 0 amide bonds. The second-order valence-electron chi connectivity index (χ2n) is 3.59. The van der Waals surface area contributed by atoms with E-state index in [1.165, 1.54) is 7.11 Å².